The first-order valence-corrected chi connectivity index (χ1v) is 14.0. The molecule has 0 radical (unpaired) electrons. The monoisotopic (exact) mass is 700 g/mol. The third-order valence-corrected chi connectivity index (χ3v) is 7.11. The van der Waals surface area contributed by atoms with Crippen LogP contribution in [0.3, 0.4) is 0 Å². The summed E-state index contributed by atoms with van der Waals surface area (Å²) >= 11 is 0. The highest BCUT2D eigenvalue weighted by Crippen LogP contribution is 2.21. The number of aryl methyl sites for hydroxylation is 1. The van der Waals surface area contributed by atoms with Crippen molar-refractivity contribution in [3.8, 4) is 11.4 Å². The van der Waals surface area contributed by atoms with Gasteiger partial charge in [0.05, 0.1) is 29.9 Å². The van der Waals surface area contributed by atoms with Crippen LogP contribution < -0.4 is 15.2 Å². The summed E-state index contributed by atoms with van der Waals surface area (Å²) in [5.74, 6) is -5.08. The minimum Gasteiger partial charge on any atom is -0.542 e. The number of halogens is 7. The van der Waals surface area contributed by atoms with Crippen LogP contribution in [-0.4, -0.2) is 67.1 Å². The van der Waals surface area contributed by atoms with Crippen LogP contribution in [0.5, 0.6) is 0 Å². The van der Waals surface area contributed by atoms with Crippen molar-refractivity contribution in [2.24, 2.45) is 0 Å². The maximum Gasteiger partial charge on any atom is 0.490 e. The van der Waals surface area contributed by atoms with Gasteiger partial charge in [-0.1, -0.05) is 23.8 Å². The number of nitrogens with one attached hydrogen (secondary N) is 2. The van der Waals surface area contributed by atoms with Crippen molar-refractivity contribution in [2.75, 3.05) is 6.54 Å². The summed E-state index contributed by atoms with van der Waals surface area (Å²) in [6.07, 6.45) is -9.90. The molecule has 3 N–H and O–H groups in total. The summed E-state index contributed by atoms with van der Waals surface area (Å²) in [5.41, 5.74) is 4.76. The van der Waals surface area contributed by atoms with E-state index in [1.54, 1.807) is 24.0 Å². The summed E-state index contributed by atoms with van der Waals surface area (Å²) in [5, 5.41) is 30.0. The van der Waals surface area contributed by atoms with Crippen molar-refractivity contribution < 1.29 is 59.9 Å². The number of fused-ring (bicyclic) bond motifs is 1. The second kappa shape index (κ2) is 15.1. The zero-order valence-corrected chi connectivity index (χ0v) is 25.8. The molecule has 3 heterocycles. The van der Waals surface area contributed by atoms with E-state index >= 15 is 0 Å². The summed E-state index contributed by atoms with van der Waals surface area (Å²) < 4.78 is 80.1. The van der Waals surface area contributed by atoms with Gasteiger partial charge in [-0.3, -0.25) is 9.59 Å². The smallest absolute Gasteiger partial charge is 0.490 e. The molecule has 4 aromatic rings. The molecule has 0 saturated carbocycles. The maximum atomic E-state index is 14.7. The van der Waals surface area contributed by atoms with Gasteiger partial charge < -0.3 is 19.9 Å². The first-order valence-electron chi connectivity index (χ1n) is 14.0. The number of alkyl halides is 6. The average molecular weight is 701 g/mol. The van der Waals surface area contributed by atoms with Gasteiger partial charge in [0, 0.05) is 17.1 Å². The summed E-state index contributed by atoms with van der Waals surface area (Å²) in [6, 6.07) is 12.6. The van der Waals surface area contributed by atoms with Crippen molar-refractivity contribution in [2.45, 2.75) is 52.6 Å². The largest absolute Gasteiger partial charge is 0.542 e. The van der Waals surface area contributed by atoms with Crippen molar-refractivity contribution in [3.05, 3.63) is 98.0 Å². The SMILES string of the molecule is Cc1cccc(-c2n[nH]c3[n+]2CCN(C(=O)c2cc(Cc4n[nH]c(=O)c(C)c4C)ccc2F)C3)c1.O=C(O)C(F)(F)F.O=C([O-])C(F)(F)F. The van der Waals surface area contributed by atoms with E-state index in [9.17, 15) is 40.3 Å². The van der Waals surface area contributed by atoms with E-state index in [1.165, 1.54) is 6.07 Å². The second-order valence-electron chi connectivity index (χ2n) is 10.6. The number of carboxylic acid groups (broad SMARTS) is 2. The normalized spacial score (nSPS) is 12.6. The molecule has 0 spiro atoms. The van der Waals surface area contributed by atoms with Crippen molar-refractivity contribution in [1.29, 1.82) is 0 Å². The third-order valence-electron chi connectivity index (χ3n) is 7.11. The van der Waals surface area contributed by atoms with Crippen LogP contribution in [0.15, 0.2) is 47.3 Å². The van der Waals surface area contributed by atoms with E-state index in [1.807, 2.05) is 32.0 Å². The average Bonchev–Trinajstić information content (AvgIpc) is 3.45. The van der Waals surface area contributed by atoms with Crippen LogP contribution >= 0.6 is 0 Å². The summed E-state index contributed by atoms with van der Waals surface area (Å²) in [6.45, 7) is 6.91. The van der Waals surface area contributed by atoms with Crippen molar-refractivity contribution in [3.63, 3.8) is 0 Å². The zero-order chi connectivity index (χ0) is 36.8. The Morgan fingerprint density at radius 1 is 0.959 bits per heavy atom. The molecule has 2 aromatic heterocycles. The van der Waals surface area contributed by atoms with E-state index in [-0.39, 0.29) is 17.0 Å². The van der Waals surface area contributed by atoms with Crippen molar-refractivity contribution in [1.82, 2.24) is 25.3 Å². The fourth-order valence-electron chi connectivity index (χ4n) is 4.44. The van der Waals surface area contributed by atoms with Gasteiger partial charge in [-0.15, -0.1) is 5.10 Å². The fraction of sp³-hybridized carbons (Fsp3) is 0.300. The predicted octanol–water partition coefficient (Wildman–Crippen LogP) is 2.69. The lowest BCUT2D eigenvalue weighted by atomic mass is 10.0. The summed E-state index contributed by atoms with van der Waals surface area (Å²) in [4.78, 5) is 44.4. The number of carboxylic acids is 2. The van der Waals surface area contributed by atoms with Gasteiger partial charge in [0.1, 0.15) is 18.3 Å². The van der Waals surface area contributed by atoms with Gasteiger partial charge >= 0.3 is 24.1 Å². The number of aliphatic carboxylic acids is 2. The van der Waals surface area contributed by atoms with E-state index < -0.39 is 30.1 Å². The number of hydrogen-bond acceptors (Lipinski definition) is 7. The van der Waals surface area contributed by atoms with Crippen LogP contribution in [0.25, 0.3) is 11.4 Å². The van der Waals surface area contributed by atoms with Crippen LogP contribution in [0.1, 0.15) is 44.1 Å². The van der Waals surface area contributed by atoms with Gasteiger partial charge in [0.2, 0.25) is 0 Å². The lowest BCUT2D eigenvalue weighted by Crippen LogP contribution is -2.52. The molecule has 0 unspecified atom stereocenters. The molecular formula is C30H27F7N6O6. The minimum absolute atomic E-state index is 0.0215. The van der Waals surface area contributed by atoms with Crippen LogP contribution in [0.2, 0.25) is 0 Å². The zero-order valence-electron chi connectivity index (χ0n) is 25.8. The molecule has 1 aliphatic heterocycles. The number of amides is 1. The maximum absolute atomic E-state index is 14.7. The molecule has 262 valence electrons. The number of carbonyl (C=O) groups excluding carboxylic acids is 2. The number of benzene rings is 2. The van der Waals surface area contributed by atoms with E-state index in [0.29, 0.717) is 37.3 Å². The molecular weight excluding hydrogens is 673 g/mol. The molecule has 12 nitrogen and oxygen atoms in total. The van der Waals surface area contributed by atoms with Gasteiger partial charge in [0.25, 0.3) is 17.3 Å². The lowest BCUT2D eigenvalue weighted by molar-refractivity contribution is -0.700. The number of rotatable bonds is 4. The number of aromatic amines is 2. The number of carbonyl (C=O) groups is 3. The predicted molar refractivity (Wildman–Crippen MR) is 152 cm³/mol. The molecule has 0 saturated heterocycles. The van der Waals surface area contributed by atoms with Gasteiger partial charge in [0.15, 0.2) is 0 Å². The first kappa shape index (κ1) is 37.8. The Kier molecular flexibility index (Phi) is 11.6. The molecule has 1 amide bonds. The Labute approximate surface area is 271 Å². The molecule has 0 aliphatic carbocycles. The number of H-pyrrole nitrogens is 2. The van der Waals surface area contributed by atoms with Crippen LogP contribution in [0.4, 0.5) is 30.7 Å². The molecule has 5 rings (SSSR count). The van der Waals surface area contributed by atoms with Crippen molar-refractivity contribution >= 4 is 17.8 Å². The Morgan fingerprint density at radius 3 is 2.16 bits per heavy atom. The number of hydrogen-bond donors (Lipinski definition) is 3. The van der Waals surface area contributed by atoms with Crippen LogP contribution in [-0.2, 0) is 29.1 Å². The van der Waals surface area contributed by atoms with Crippen LogP contribution in [0, 0.1) is 26.6 Å². The Morgan fingerprint density at radius 2 is 1.59 bits per heavy atom. The molecule has 49 heavy (non-hydrogen) atoms. The van der Waals surface area contributed by atoms with E-state index in [2.05, 4.69) is 31.0 Å². The lowest BCUT2D eigenvalue weighted by Gasteiger charge is -2.25. The van der Waals surface area contributed by atoms with Gasteiger partial charge in [-0.2, -0.15) is 31.4 Å². The number of nitrogens with zero attached hydrogens (tertiary/aromatic N) is 4. The standard InChI is InChI=1S/C26H25FN6O2.2C2HF3O2/c1-15-5-4-6-19(11-15)24-30-29-23-14-32(9-10-33(23)24)26(35)20-12-18(7-8-21(20)27)13-22-16(2)17(3)25(34)31-28-22;2*3-2(4,5)1(6)7/h4-8,11-12H,9-10,13-14H2,1-3H3,(H,31,34);2*(H,6,7). The minimum atomic E-state index is -5.19. The summed E-state index contributed by atoms with van der Waals surface area (Å²) in [7, 11) is 0. The topological polar surface area (TPSA) is 176 Å². The molecule has 19 heteroatoms. The number of aromatic nitrogens is 5. The Balaban J connectivity index is 0.000000392. The molecule has 0 fully saturated rings. The quantitative estimate of drug-likeness (QED) is 0.215. The molecule has 0 atom stereocenters. The second-order valence-corrected chi connectivity index (χ2v) is 10.6. The van der Waals surface area contributed by atoms with Gasteiger partial charge in [-0.25, -0.2) is 18.9 Å². The third kappa shape index (κ3) is 9.71. The highest BCUT2D eigenvalue weighted by atomic mass is 19.4. The first-order chi connectivity index (χ1) is 22.7. The highest BCUT2D eigenvalue weighted by Gasteiger charge is 2.38. The van der Waals surface area contributed by atoms with E-state index in [4.69, 9.17) is 19.8 Å². The molecule has 1 aliphatic rings. The molecule has 2 aromatic carbocycles. The molecule has 0 bridgehead atoms. The fourth-order valence-corrected chi connectivity index (χ4v) is 4.44. The Hall–Kier alpha value is -5.62. The van der Waals surface area contributed by atoms with E-state index in [0.717, 1.165) is 33.9 Å². The van der Waals surface area contributed by atoms with Gasteiger partial charge in [-0.05, 0) is 56.2 Å². The Bertz CT molecular complexity index is 1900. The highest BCUT2D eigenvalue weighted by molar-refractivity contribution is 5.94.